The van der Waals surface area contributed by atoms with E-state index in [0.29, 0.717) is 12.3 Å². The largest absolute Gasteiger partial charge is 0.496 e. The first-order valence-electron chi connectivity index (χ1n) is 10.4. The van der Waals surface area contributed by atoms with Gasteiger partial charge in [-0.2, -0.15) is 0 Å². The fourth-order valence-electron chi connectivity index (χ4n) is 2.87. The van der Waals surface area contributed by atoms with Crippen LogP contribution in [0.5, 0.6) is 5.75 Å². The Labute approximate surface area is 186 Å². The van der Waals surface area contributed by atoms with Crippen LogP contribution in [-0.4, -0.2) is 7.11 Å². The average Bonchev–Trinajstić information content (AvgIpc) is 2.74. The van der Waals surface area contributed by atoms with Gasteiger partial charge in [0.2, 0.25) is 0 Å². The highest BCUT2D eigenvalue weighted by atomic mass is 79.9. The molecular weight excluding hydrogens is 427 g/mol. The van der Waals surface area contributed by atoms with Crippen molar-refractivity contribution in [3.05, 3.63) is 76.5 Å². The van der Waals surface area contributed by atoms with Gasteiger partial charge in [0.05, 0.1) is 7.11 Å². The number of methoxy groups -OCH3 is 1. The normalized spacial score (nSPS) is 10.1. The molecule has 0 aliphatic carbocycles. The van der Waals surface area contributed by atoms with E-state index in [0.717, 1.165) is 39.3 Å². The molecule has 2 aromatic carbocycles. The van der Waals surface area contributed by atoms with Crippen LogP contribution >= 0.6 is 15.9 Å². The predicted molar refractivity (Wildman–Crippen MR) is 130 cm³/mol. The smallest absolute Gasteiger partial charge is 0.126 e. The second-order valence-corrected chi connectivity index (χ2v) is 8.26. The van der Waals surface area contributed by atoms with Gasteiger partial charge in [0, 0.05) is 4.47 Å². The van der Waals surface area contributed by atoms with Crippen LogP contribution in [0, 0.1) is 11.7 Å². The van der Waals surface area contributed by atoms with Crippen LogP contribution in [0.25, 0.3) is 0 Å². The van der Waals surface area contributed by atoms with Gasteiger partial charge in [-0.1, -0.05) is 75.5 Å². The van der Waals surface area contributed by atoms with Crippen LogP contribution in [0.1, 0.15) is 70.1 Å². The SMILES string of the molecule is C=C.CCC(C)CC.COc1ccc(Br)cc1CCc1c(F)cccc1C(C)C. The standard InChI is InChI=1S/C18H20BrFO.C6H14.C2H4/c1-12(2)15-5-4-6-17(20)16(15)9-7-13-11-14(19)8-10-18(13)21-3;1-4-6(3)5-2;1-2/h4-6,8,10-12H,7,9H2,1-3H3;6H,4-5H2,1-3H3;1-2H2. The molecule has 0 aliphatic rings. The Bertz CT molecular complexity index is 708. The first-order valence-corrected chi connectivity index (χ1v) is 11.2. The molecule has 0 fully saturated rings. The molecule has 0 saturated heterocycles. The minimum Gasteiger partial charge on any atom is -0.496 e. The quantitative estimate of drug-likeness (QED) is 0.372. The maximum absolute atomic E-state index is 14.1. The zero-order valence-electron chi connectivity index (χ0n) is 19.0. The second-order valence-electron chi connectivity index (χ2n) is 7.34. The van der Waals surface area contributed by atoms with Crippen molar-refractivity contribution in [3.8, 4) is 5.75 Å². The van der Waals surface area contributed by atoms with Crippen LogP contribution in [-0.2, 0) is 12.8 Å². The molecule has 0 amide bonds. The van der Waals surface area contributed by atoms with Crippen molar-refractivity contribution in [1.82, 2.24) is 0 Å². The molecule has 0 unspecified atom stereocenters. The molecule has 2 rings (SSSR count). The zero-order valence-corrected chi connectivity index (χ0v) is 20.6. The number of aryl methyl sites for hydroxylation is 1. The molecule has 3 heteroatoms. The number of ether oxygens (including phenoxy) is 1. The van der Waals surface area contributed by atoms with Crippen molar-refractivity contribution >= 4 is 15.9 Å². The highest BCUT2D eigenvalue weighted by molar-refractivity contribution is 9.10. The van der Waals surface area contributed by atoms with Gasteiger partial charge in [-0.3, -0.25) is 0 Å². The summed E-state index contributed by atoms with van der Waals surface area (Å²) in [7, 11) is 1.66. The van der Waals surface area contributed by atoms with Crippen molar-refractivity contribution in [1.29, 1.82) is 0 Å². The van der Waals surface area contributed by atoms with Crippen molar-refractivity contribution in [2.75, 3.05) is 7.11 Å². The molecule has 0 saturated carbocycles. The summed E-state index contributed by atoms with van der Waals surface area (Å²) in [5, 5.41) is 0. The Morgan fingerprint density at radius 3 is 2.10 bits per heavy atom. The highest BCUT2D eigenvalue weighted by Crippen LogP contribution is 2.27. The van der Waals surface area contributed by atoms with Crippen LogP contribution in [0.4, 0.5) is 4.39 Å². The average molecular weight is 465 g/mol. The van der Waals surface area contributed by atoms with E-state index in [9.17, 15) is 4.39 Å². The first kappa shape index (κ1) is 27.4. The molecule has 0 N–H and O–H groups in total. The van der Waals surface area contributed by atoms with E-state index in [1.807, 2.05) is 24.3 Å². The number of hydrogen-bond donors (Lipinski definition) is 0. The summed E-state index contributed by atoms with van der Waals surface area (Å²) >= 11 is 3.47. The van der Waals surface area contributed by atoms with E-state index in [4.69, 9.17) is 4.74 Å². The highest BCUT2D eigenvalue weighted by Gasteiger charge is 2.12. The van der Waals surface area contributed by atoms with Crippen molar-refractivity contribution < 1.29 is 9.13 Å². The Hall–Kier alpha value is -1.61. The summed E-state index contributed by atoms with van der Waals surface area (Å²) in [6.45, 7) is 16.9. The Morgan fingerprint density at radius 1 is 1.00 bits per heavy atom. The van der Waals surface area contributed by atoms with Gasteiger partial charge < -0.3 is 4.74 Å². The molecule has 0 aliphatic heterocycles. The molecule has 162 valence electrons. The number of halogens is 2. The minimum absolute atomic E-state index is 0.116. The maximum atomic E-state index is 14.1. The summed E-state index contributed by atoms with van der Waals surface area (Å²) in [5.74, 6) is 1.99. The summed E-state index contributed by atoms with van der Waals surface area (Å²) in [5.41, 5.74) is 2.99. The molecule has 0 bridgehead atoms. The van der Waals surface area contributed by atoms with E-state index in [2.05, 4.69) is 63.7 Å². The molecule has 0 atom stereocenters. The summed E-state index contributed by atoms with van der Waals surface area (Å²) in [6, 6.07) is 11.3. The van der Waals surface area contributed by atoms with E-state index in [1.165, 1.54) is 12.8 Å². The lowest BCUT2D eigenvalue weighted by Crippen LogP contribution is -2.03. The fraction of sp³-hybridized carbons (Fsp3) is 0.462. The fourth-order valence-corrected chi connectivity index (χ4v) is 3.28. The van der Waals surface area contributed by atoms with Crippen LogP contribution in [0.15, 0.2) is 54.0 Å². The van der Waals surface area contributed by atoms with E-state index < -0.39 is 0 Å². The van der Waals surface area contributed by atoms with Crippen LogP contribution in [0.3, 0.4) is 0 Å². The number of rotatable bonds is 7. The lowest BCUT2D eigenvalue weighted by molar-refractivity contribution is 0.409. The van der Waals surface area contributed by atoms with Gasteiger partial charge in [-0.25, -0.2) is 4.39 Å². The van der Waals surface area contributed by atoms with Gasteiger partial charge >= 0.3 is 0 Å². The molecule has 0 aromatic heterocycles. The zero-order chi connectivity index (χ0) is 22.4. The van der Waals surface area contributed by atoms with Crippen molar-refractivity contribution in [3.63, 3.8) is 0 Å². The molecule has 0 heterocycles. The van der Waals surface area contributed by atoms with Gasteiger partial charge in [-0.15, -0.1) is 13.2 Å². The summed E-state index contributed by atoms with van der Waals surface area (Å²) < 4.78 is 20.5. The summed E-state index contributed by atoms with van der Waals surface area (Å²) in [6.07, 6.45) is 4.09. The summed E-state index contributed by atoms with van der Waals surface area (Å²) in [4.78, 5) is 0. The van der Waals surface area contributed by atoms with Crippen molar-refractivity contribution in [2.45, 2.75) is 66.2 Å². The molecule has 0 spiro atoms. The third-order valence-electron chi connectivity index (χ3n) is 5.06. The Morgan fingerprint density at radius 2 is 1.62 bits per heavy atom. The second kappa shape index (κ2) is 15.3. The Kier molecular flexibility index (Phi) is 14.4. The minimum atomic E-state index is -0.116. The first-order chi connectivity index (χ1) is 13.8. The van der Waals surface area contributed by atoms with Gasteiger partial charge in [0.1, 0.15) is 11.6 Å². The molecule has 0 radical (unpaired) electrons. The molecule has 29 heavy (non-hydrogen) atoms. The maximum Gasteiger partial charge on any atom is 0.126 e. The lowest BCUT2D eigenvalue weighted by atomic mass is 9.92. The van der Waals surface area contributed by atoms with Crippen molar-refractivity contribution in [2.24, 2.45) is 5.92 Å². The van der Waals surface area contributed by atoms with Crippen LogP contribution in [0.2, 0.25) is 0 Å². The van der Waals surface area contributed by atoms with Gasteiger partial charge in [0.15, 0.2) is 0 Å². The molecule has 2 aromatic rings. The lowest BCUT2D eigenvalue weighted by Gasteiger charge is -2.15. The van der Waals surface area contributed by atoms with Crippen LogP contribution < -0.4 is 4.74 Å². The third-order valence-corrected chi connectivity index (χ3v) is 5.55. The van der Waals surface area contributed by atoms with E-state index in [-0.39, 0.29) is 5.82 Å². The van der Waals surface area contributed by atoms with Gasteiger partial charge in [-0.05, 0) is 65.6 Å². The number of hydrogen-bond acceptors (Lipinski definition) is 1. The molecule has 1 nitrogen and oxygen atoms in total. The topological polar surface area (TPSA) is 9.23 Å². The Balaban J connectivity index is 0.000000841. The monoisotopic (exact) mass is 464 g/mol. The number of benzene rings is 2. The molecular formula is C26H38BrFO. The van der Waals surface area contributed by atoms with Gasteiger partial charge in [0.25, 0.3) is 0 Å². The predicted octanol–water partition coefficient (Wildman–Crippen LogP) is 8.75. The third kappa shape index (κ3) is 9.62. The van der Waals surface area contributed by atoms with E-state index in [1.54, 1.807) is 19.2 Å². The van der Waals surface area contributed by atoms with E-state index >= 15 is 0 Å².